The van der Waals surface area contributed by atoms with Gasteiger partial charge in [0.2, 0.25) is 0 Å². The Kier molecular flexibility index (Phi) is 5.37. The molecule has 1 fully saturated rings. The normalized spacial score (nSPS) is 20.1. The molecule has 1 saturated heterocycles. The first-order valence-electron chi connectivity index (χ1n) is 7.12. The summed E-state index contributed by atoms with van der Waals surface area (Å²) in [5.41, 5.74) is 0.933. The minimum Gasteiger partial charge on any atom is -0.390 e. The van der Waals surface area contributed by atoms with E-state index in [1.54, 1.807) is 7.11 Å². The van der Waals surface area contributed by atoms with E-state index >= 15 is 0 Å². The Labute approximate surface area is 115 Å². The molecule has 1 atom stereocenters. The molecule has 19 heavy (non-hydrogen) atoms. The van der Waals surface area contributed by atoms with Crippen molar-refractivity contribution in [3.63, 3.8) is 0 Å². The first kappa shape index (κ1) is 14.5. The Morgan fingerprint density at radius 1 is 1.26 bits per heavy atom. The zero-order valence-electron chi connectivity index (χ0n) is 11.7. The Balaban J connectivity index is 1.81. The number of rotatable bonds is 6. The molecule has 2 rings (SSSR count). The van der Waals surface area contributed by atoms with Gasteiger partial charge >= 0.3 is 0 Å². The molecule has 0 amide bonds. The number of methoxy groups -OCH3 is 1. The lowest BCUT2D eigenvalue weighted by Crippen LogP contribution is -2.48. The molecule has 1 aromatic carbocycles. The van der Waals surface area contributed by atoms with Crippen LogP contribution in [0.4, 0.5) is 0 Å². The molecule has 0 saturated carbocycles. The average Bonchev–Trinajstić information content (AvgIpc) is 2.49. The van der Waals surface area contributed by atoms with Gasteiger partial charge in [-0.15, -0.1) is 0 Å². The van der Waals surface area contributed by atoms with Crippen LogP contribution in [0.15, 0.2) is 30.3 Å². The molecule has 1 N–H and O–H groups in total. The van der Waals surface area contributed by atoms with Crippen molar-refractivity contribution < 1.29 is 14.6 Å². The molecule has 1 unspecified atom stereocenters. The summed E-state index contributed by atoms with van der Waals surface area (Å²) in [4.78, 5) is 0. The summed E-state index contributed by atoms with van der Waals surface area (Å²) in [5, 5.41) is 10.4. The molecule has 0 aromatic heterocycles. The highest BCUT2D eigenvalue weighted by atomic mass is 16.5. The number of ether oxygens (including phenoxy) is 2. The van der Waals surface area contributed by atoms with Gasteiger partial charge in [-0.25, -0.2) is 0 Å². The highest BCUT2D eigenvalue weighted by molar-refractivity contribution is 5.14. The van der Waals surface area contributed by atoms with E-state index < -0.39 is 11.7 Å². The summed E-state index contributed by atoms with van der Waals surface area (Å²) in [6, 6.07) is 10.4. The van der Waals surface area contributed by atoms with Crippen molar-refractivity contribution in [3.8, 4) is 0 Å². The van der Waals surface area contributed by atoms with Crippen molar-refractivity contribution in [2.45, 2.75) is 43.8 Å². The summed E-state index contributed by atoms with van der Waals surface area (Å²) < 4.78 is 11.0. The Hall–Kier alpha value is -0.900. The van der Waals surface area contributed by atoms with Gasteiger partial charge in [-0.1, -0.05) is 30.3 Å². The molecule has 0 aliphatic carbocycles. The van der Waals surface area contributed by atoms with Crippen molar-refractivity contribution in [1.29, 1.82) is 0 Å². The third-order valence-corrected chi connectivity index (χ3v) is 4.14. The Bertz CT molecular complexity index is 358. The van der Waals surface area contributed by atoms with Crippen LogP contribution < -0.4 is 0 Å². The van der Waals surface area contributed by atoms with E-state index in [1.807, 2.05) is 6.07 Å². The molecule has 0 spiro atoms. The van der Waals surface area contributed by atoms with Gasteiger partial charge in [0.05, 0.1) is 11.7 Å². The number of aryl methyl sites for hydroxylation is 1. The van der Waals surface area contributed by atoms with Crippen LogP contribution in [0.1, 0.15) is 31.2 Å². The van der Waals surface area contributed by atoms with Gasteiger partial charge in [-0.3, -0.25) is 0 Å². The smallest absolute Gasteiger partial charge is 0.0980 e. The Morgan fingerprint density at radius 3 is 2.58 bits per heavy atom. The quantitative estimate of drug-likeness (QED) is 0.858. The van der Waals surface area contributed by atoms with Gasteiger partial charge in [0, 0.05) is 33.2 Å². The van der Waals surface area contributed by atoms with Gasteiger partial charge in [0.15, 0.2) is 0 Å². The van der Waals surface area contributed by atoms with Crippen LogP contribution in [-0.2, 0) is 15.9 Å². The largest absolute Gasteiger partial charge is 0.390 e. The third kappa shape index (κ3) is 3.78. The summed E-state index contributed by atoms with van der Waals surface area (Å²) in [5.74, 6) is 0. The van der Waals surface area contributed by atoms with Crippen LogP contribution in [0, 0.1) is 0 Å². The van der Waals surface area contributed by atoms with Gasteiger partial charge in [-0.05, 0) is 24.8 Å². The SMILES string of the molecule is COC1(C(O)CCCc2ccccc2)CCOCC1. The fraction of sp³-hybridized carbons (Fsp3) is 0.625. The van der Waals surface area contributed by atoms with Crippen LogP contribution in [-0.4, -0.2) is 37.1 Å². The first-order valence-corrected chi connectivity index (χ1v) is 7.12. The van der Waals surface area contributed by atoms with Crippen LogP contribution in [0.3, 0.4) is 0 Å². The predicted molar refractivity (Wildman–Crippen MR) is 75.2 cm³/mol. The maximum Gasteiger partial charge on any atom is 0.0980 e. The van der Waals surface area contributed by atoms with Crippen molar-refractivity contribution in [3.05, 3.63) is 35.9 Å². The van der Waals surface area contributed by atoms with E-state index in [2.05, 4.69) is 24.3 Å². The van der Waals surface area contributed by atoms with Gasteiger partial charge in [0.25, 0.3) is 0 Å². The monoisotopic (exact) mass is 264 g/mol. The number of hydrogen-bond donors (Lipinski definition) is 1. The van der Waals surface area contributed by atoms with Crippen LogP contribution >= 0.6 is 0 Å². The van der Waals surface area contributed by atoms with Crippen LogP contribution in [0.5, 0.6) is 0 Å². The number of hydrogen-bond acceptors (Lipinski definition) is 3. The maximum atomic E-state index is 10.4. The second kappa shape index (κ2) is 7.04. The topological polar surface area (TPSA) is 38.7 Å². The highest BCUT2D eigenvalue weighted by Gasteiger charge is 2.39. The standard InChI is InChI=1S/C16H24O3/c1-18-16(10-12-19-13-11-16)15(17)9-5-8-14-6-3-2-4-7-14/h2-4,6-7,15,17H,5,8-13H2,1H3. The molecular formula is C16H24O3. The second-order valence-electron chi connectivity index (χ2n) is 5.27. The first-order chi connectivity index (χ1) is 9.27. The van der Waals surface area contributed by atoms with E-state index in [9.17, 15) is 5.11 Å². The molecule has 1 heterocycles. The van der Waals surface area contributed by atoms with E-state index in [1.165, 1.54) is 5.56 Å². The molecule has 1 aliphatic heterocycles. The fourth-order valence-corrected chi connectivity index (χ4v) is 2.80. The van der Waals surface area contributed by atoms with E-state index in [0.29, 0.717) is 13.2 Å². The zero-order valence-corrected chi connectivity index (χ0v) is 11.7. The summed E-state index contributed by atoms with van der Waals surface area (Å²) in [7, 11) is 1.70. The second-order valence-corrected chi connectivity index (χ2v) is 5.27. The minimum absolute atomic E-state index is 0.394. The average molecular weight is 264 g/mol. The molecule has 106 valence electrons. The van der Waals surface area contributed by atoms with E-state index in [4.69, 9.17) is 9.47 Å². The number of aliphatic hydroxyl groups is 1. The zero-order chi connectivity index (χ0) is 13.6. The van der Waals surface area contributed by atoms with Crippen molar-refractivity contribution in [2.24, 2.45) is 0 Å². The van der Waals surface area contributed by atoms with Gasteiger partial charge in [-0.2, -0.15) is 0 Å². The van der Waals surface area contributed by atoms with Crippen molar-refractivity contribution in [1.82, 2.24) is 0 Å². The van der Waals surface area contributed by atoms with Crippen LogP contribution in [0.25, 0.3) is 0 Å². The Morgan fingerprint density at radius 2 is 1.95 bits per heavy atom. The number of aliphatic hydroxyl groups excluding tert-OH is 1. The van der Waals surface area contributed by atoms with Gasteiger partial charge in [0.1, 0.15) is 0 Å². The van der Waals surface area contributed by atoms with Gasteiger partial charge < -0.3 is 14.6 Å². The predicted octanol–water partition coefficient (Wildman–Crippen LogP) is 2.57. The molecule has 1 aliphatic rings. The lowest BCUT2D eigenvalue weighted by molar-refractivity contribution is -0.154. The molecule has 0 bridgehead atoms. The summed E-state index contributed by atoms with van der Waals surface area (Å²) in [6.45, 7) is 1.37. The molecule has 3 nitrogen and oxygen atoms in total. The van der Waals surface area contributed by atoms with Crippen LogP contribution in [0.2, 0.25) is 0 Å². The lowest BCUT2D eigenvalue weighted by Gasteiger charge is -2.39. The number of benzene rings is 1. The van der Waals surface area contributed by atoms with Crippen molar-refractivity contribution >= 4 is 0 Å². The maximum absolute atomic E-state index is 10.4. The molecule has 0 radical (unpaired) electrons. The summed E-state index contributed by atoms with van der Waals surface area (Å²) >= 11 is 0. The third-order valence-electron chi connectivity index (χ3n) is 4.14. The highest BCUT2D eigenvalue weighted by Crippen LogP contribution is 2.30. The molecular weight excluding hydrogens is 240 g/mol. The lowest BCUT2D eigenvalue weighted by atomic mass is 9.85. The summed E-state index contributed by atoms with van der Waals surface area (Å²) in [6.07, 6.45) is 3.95. The molecule has 1 aromatic rings. The fourth-order valence-electron chi connectivity index (χ4n) is 2.80. The van der Waals surface area contributed by atoms with E-state index in [0.717, 1.165) is 32.1 Å². The minimum atomic E-state index is -0.398. The molecule has 3 heteroatoms. The van der Waals surface area contributed by atoms with Crippen molar-refractivity contribution in [2.75, 3.05) is 20.3 Å². The van der Waals surface area contributed by atoms with E-state index in [-0.39, 0.29) is 0 Å².